The van der Waals surface area contributed by atoms with Crippen molar-refractivity contribution in [2.24, 2.45) is 17.6 Å². The zero-order chi connectivity index (χ0) is 12.4. The van der Waals surface area contributed by atoms with Gasteiger partial charge in [0.05, 0.1) is 0 Å². The van der Waals surface area contributed by atoms with Gasteiger partial charge in [-0.1, -0.05) is 32.0 Å². The Labute approximate surface area is 105 Å². The Morgan fingerprint density at radius 1 is 1.41 bits per heavy atom. The van der Waals surface area contributed by atoms with Crippen LogP contribution in [0.1, 0.15) is 38.3 Å². The van der Waals surface area contributed by atoms with Crippen LogP contribution in [0.25, 0.3) is 0 Å². The molecule has 0 bridgehead atoms. The van der Waals surface area contributed by atoms with E-state index in [1.54, 1.807) is 0 Å². The molecule has 1 aliphatic carbocycles. The number of para-hydroxylation sites is 1. The van der Waals surface area contributed by atoms with Gasteiger partial charge in [-0.05, 0) is 36.3 Å². The summed E-state index contributed by atoms with van der Waals surface area (Å²) in [5, 5.41) is 0. The number of nitrogens with two attached hydrogens (primary N) is 1. The van der Waals surface area contributed by atoms with Crippen molar-refractivity contribution in [2.75, 3.05) is 18.5 Å². The van der Waals surface area contributed by atoms with Crippen molar-refractivity contribution in [1.29, 1.82) is 0 Å². The van der Waals surface area contributed by atoms with Gasteiger partial charge in [0.25, 0.3) is 0 Å². The van der Waals surface area contributed by atoms with E-state index in [0.717, 1.165) is 24.8 Å². The standard InChI is InChI=1S/C15H24N2/c1-4-14(16)13-7-5-6-8-15(13)17(3)10-12-9-11(12)2/h5-8,11-12,14H,4,9-10,16H2,1-3H3/t11?,12?,14-/m1/s1. The lowest BCUT2D eigenvalue weighted by Gasteiger charge is -2.24. The van der Waals surface area contributed by atoms with Crippen LogP contribution >= 0.6 is 0 Å². The lowest BCUT2D eigenvalue weighted by Crippen LogP contribution is -2.23. The molecule has 17 heavy (non-hydrogen) atoms. The van der Waals surface area contributed by atoms with Gasteiger partial charge in [0.2, 0.25) is 0 Å². The third kappa shape index (κ3) is 2.81. The third-order valence-corrected chi connectivity index (χ3v) is 3.97. The molecule has 0 aromatic heterocycles. The highest BCUT2D eigenvalue weighted by molar-refractivity contribution is 5.54. The molecule has 2 N–H and O–H groups in total. The molecule has 0 aliphatic heterocycles. The summed E-state index contributed by atoms with van der Waals surface area (Å²) in [6.07, 6.45) is 2.37. The molecule has 1 saturated carbocycles. The van der Waals surface area contributed by atoms with Crippen molar-refractivity contribution in [1.82, 2.24) is 0 Å². The SMILES string of the molecule is CC[C@@H](N)c1ccccc1N(C)CC1CC1C. The van der Waals surface area contributed by atoms with Crippen LogP contribution < -0.4 is 10.6 Å². The molecule has 1 aromatic rings. The quantitative estimate of drug-likeness (QED) is 0.844. The predicted molar refractivity (Wildman–Crippen MR) is 74.2 cm³/mol. The van der Waals surface area contributed by atoms with Crippen LogP contribution in [0.3, 0.4) is 0 Å². The van der Waals surface area contributed by atoms with E-state index < -0.39 is 0 Å². The minimum atomic E-state index is 0.158. The number of hydrogen-bond acceptors (Lipinski definition) is 2. The molecule has 0 amide bonds. The fourth-order valence-electron chi connectivity index (χ4n) is 2.47. The van der Waals surface area contributed by atoms with Crippen molar-refractivity contribution in [3.8, 4) is 0 Å². The zero-order valence-corrected chi connectivity index (χ0v) is 11.2. The van der Waals surface area contributed by atoms with E-state index in [1.807, 2.05) is 0 Å². The van der Waals surface area contributed by atoms with Gasteiger partial charge in [0, 0.05) is 25.3 Å². The van der Waals surface area contributed by atoms with Crippen molar-refractivity contribution < 1.29 is 0 Å². The van der Waals surface area contributed by atoms with Crippen molar-refractivity contribution >= 4 is 5.69 Å². The first kappa shape index (κ1) is 12.4. The summed E-state index contributed by atoms with van der Waals surface area (Å²) in [4.78, 5) is 2.37. The molecule has 0 saturated heterocycles. The second-order valence-electron chi connectivity index (χ2n) is 5.43. The van der Waals surface area contributed by atoms with Crippen LogP contribution in [0.5, 0.6) is 0 Å². The van der Waals surface area contributed by atoms with Gasteiger partial charge >= 0.3 is 0 Å². The van der Waals surface area contributed by atoms with Crippen LogP contribution in [0.2, 0.25) is 0 Å². The van der Waals surface area contributed by atoms with E-state index in [0.29, 0.717) is 0 Å². The molecular formula is C15H24N2. The second-order valence-corrected chi connectivity index (χ2v) is 5.43. The van der Waals surface area contributed by atoms with Gasteiger partial charge in [-0.2, -0.15) is 0 Å². The van der Waals surface area contributed by atoms with Crippen LogP contribution in [-0.2, 0) is 0 Å². The number of hydrogen-bond donors (Lipinski definition) is 1. The van der Waals surface area contributed by atoms with Crippen molar-refractivity contribution in [3.63, 3.8) is 0 Å². The van der Waals surface area contributed by atoms with Crippen LogP contribution in [-0.4, -0.2) is 13.6 Å². The average molecular weight is 232 g/mol. The molecule has 3 atom stereocenters. The van der Waals surface area contributed by atoms with Gasteiger partial charge in [-0.25, -0.2) is 0 Å². The molecule has 1 aromatic carbocycles. The topological polar surface area (TPSA) is 29.3 Å². The Hall–Kier alpha value is -1.02. The molecular weight excluding hydrogens is 208 g/mol. The van der Waals surface area contributed by atoms with Crippen molar-refractivity contribution in [3.05, 3.63) is 29.8 Å². The molecule has 0 radical (unpaired) electrons. The summed E-state index contributed by atoms with van der Waals surface area (Å²) in [6, 6.07) is 8.70. The Morgan fingerprint density at radius 2 is 2.06 bits per heavy atom. The van der Waals surface area contributed by atoms with E-state index in [1.165, 1.54) is 17.7 Å². The summed E-state index contributed by atoms with van der Waals surface area (Å²) >= 11 is 0. The summed E-state index contributed by atoms with van der Waals surface area (Å²) in [5.74, 6) is 1.79. The van der Waals surface area contributed by atoms with E-state index in [2.05, 4.69) is 50.1 Å². The Balaban J connectivity index is 2.12. The molecule has 2 rings (SSSR count). The molecule has 0 spiro atoms. The fraction of sp³-hybridized carbons (Fsp3) is 0.600. The summed E-state index contributed by atoms with van der Waals surface area (Å²) in [6.45, 7) is 5.64. The Kier molecular flexibility index (Phi) is 3.72. The molecule has 2 heteroatoms. The predicted octanol–water partition coefficient (Wildman–Crippen LogP) is 3.19. The normalized spacial score (nSPS) is 24.5. The highest BCUT2D eigenvalue weighted by Gasteiger charge is 2.33. The molecule has 1 aliphatic rings. The van der Waals surface area contributed by atoms with Gasteiger partial charge in [0.1, 0.15) is 0 Å². The molecule has 2 nitrogen and oxygen atoms in total. The minimum absolute atomic E-state index is 0.158. The van der Waals surface area contributed by atoms with E-state index in [4.69, 9.17) is 5.73 Å². The maximum atomic E-state index is 6.18. The maximum absolute atomic E-state index is 6.18. The summed E-state index contributed by atoms with van der Waals surface area (Å²) in [7, 11) is 2.19. The number of anilines is 1. The van der Waals surface area contributed by atoms with Crippen LogP contribution in [0.15, 0.2) is 24.3 Å². The highest BCUT2D eigenvalue weighted by Crippen LogP contribution is 2.39. The van der Waals surface area contributed by atoms with Gasteiger partial charge in [-0.3, -0.25) is 0 Å². The van der Waals surface area contributed by atoms with Crippen molar-refractivity contribution in [2.45, 2.75) is 32.7 Å². The molecule has 1 fully saturated rings. The lowest BCUT2D eigenvalue weighted by atomic mass is 10.0. The number of rotatable bonds is 5. The zero-order valence-electron chi connectivity index (χ0n) is 11.2. The Bertz CT molecular complexity index is 375. The van der Waals surface area contributed by atoms with Crippen LogP contribution in [0.4, 0.5) is 5.69 Å². The highest BCUT2D eigenvalue weighted by atomic mass is 15.1. The van der Waals surface area contributed by atoms with Gasteiger partial charge < -0.3 is 10.6 Å². The monoisotopic (exact) mass is 232 g/mol. The fourth-order valence-corrected chi connectivity index (χ4v) is 2.47. The smallest absolute Gasteiger partial charge is 0.0412 e. The average Bonchev–Trinajstić information content (AvgIpc) is 3.03. The van der Waals surface area contributed by atoms with E-state index in [-0.39, 0.29) is 6.04 Å². The van der Waals surface area contributed by atoms with Gasteiger partial charge in [-0.15, -0.1) is 0 Å². The van der Waals surface area contributed by atoms with E-state index in [9.17, 15) is 0 Å². The molecule has 94 valence electrons. The first-order valence-electron chi connectivity index (χ1n) is 6.69. The van der Waals surface area contributed by atoms with E-state index >= 15 is 0 Å². The van der Waals surface area contributed by atoms with Crippen LogP contribution in [0, 0.1) is 11.8 Å². The van der Waals surface area contributed by atoms with Gasteiger partial charge in [0.15, 0.2) is 0 Å². The first-order valence-corrected chi connectivity index (χ1v) is 6.69. The number of nitrogens with zero attached hydrogens (tertiary/aromatic N) is 1. The summed E-state index contributed by atoms with van der Waals surface area (Å²) in [5.41, 5.74) is 8.77. The second kappa shape index (κ2) is 5.09. The lowest BCUT2D eigenvalue weighted by molar-refractivity contribution is 0.683. The largest absolute Gasteiger partial charge is 0.374 e. The Morgan fingerprint density at radius 3 is 2.65 bits per heavy atom. The molecule has 2 unspecified atom stereocenters. The third-order valence-electron chi connectivity index (χ3n) is 3.97. The molecule has 0 heterocycles. The summed E-state index contributed by atoms with van der Waals surface area (Å²) < 4.78 is 0. The number of benzene rings is 1. The maximum Gasteiger partial charge on any atom is 0.0412 e. The first-order chi connectivity index (χ1) is 8.13. The minimum Gasteiger partial charge on any atom is -0.374 e.